The first kappa shape index (κ1) is 23.1. The number of nitrogens with zero attached hydrogens (tertiary/aromatic N) is 1. The van der Waals surface area contributed by atoms with Gasteiger partial charge in [0, 0.05) is 23.3 Å². The monoisotopic (exact) mass is 518 g/mol. The van der Waals surface area contributed by atoms with Gasteiger partial charge in [0.05, 0.1) is 33.0 Å². The van der Waals surface area contributed by atoms with E-state index in [0.29, 0.717) is 34.0 Å². The minimum atomic E-state index is -0.731. The minimum Gasteiger partial charge on any atom is -0.433 e. The van der Waals surface area contributed by atoms with E-state index in [9.17, 15) is 9.59 Å². The molecule has 1 N–H and O–H groups in total. The smallest absolute Gasteiger partial charge is 0.340 e. The number of carbonyl (C=O) groups is 2. The van der Waals surface area contributed by atoms with E-state index in [0.717, 1.165) is 28.2 Å². The van der Waals surface area contributed by atoms with Crippen LogP contribution >= 0.6 is 23.2 Å². The van der Waals surface area contributed by atoms with Crippen LogP contribution in [0.5, 0.6) is 0 Å². The third-order valence-corrected chi connectivity index (χ3v) is 7.86. The number of ether oxygens (including phenoxy) is 1. The quantitative estimate of drug-likeness (QED) is 0.356. The van der Waals surface area contributed by atoms with Crippen LogP contribution in [0.3, 0.4) is 0 Å². The molecule has 0 spiro atoms. The summed E-state index contributed by atoms with van der Waals surface area (Å²) in [6.45, 7) is 4.21. The highest BCUT2D eigenvalue weighted by atomic mass is 35.5. The average Bonchev–Trinajstić information content (AvgIpc) is 3.08. The third kappa shape index (κ3) is 3.69. The molecule has 2 aliphatic heterocycles. The zero-order chi connectivity index (χ0) is 25.2. The molecule has 0 fully saturated rings. The van der Waals surface area contributed by atoms with Gasteiger partial charge in [-0.05, 0) is 47.7 Å². The Hall–Kier alpha value is -3.28. The van der Waals surface area contributed by atoms with Gasteiger partial charge in [0.25, 0.3) is 0 Å². The number of cyclic esters (lactones) is 1. The zero-order valence-electron chi connectivity index (χ0n) is 19.8. The number of hydrogen-bond acceptors (Lipinski definition) is 5. The molecule has 182 valence electrons. The highest BCUT2D eigenvalue weighted by molar-refractivity contribution is 6.42. The highest BCUT2D eigenvalue weighted by Gasteiger charge is 2.46. The van der Waals surface area contributed by atoms with Crippen molar-refractivity contribution < 1.29 is 14.3 Å². The van der Waals surface area contributed by atoms with E-state index in [-0.39, 0.29) is 17.2 Å². The Morgan fingerprint density at radius 1 is 0.944 bits per heavy atom. The molecule has 0 unspecified atom stereocenters. The number of fused-ring (bicyclic) bond motifs is 2. The number of anilines is 2. The molecular weight excluding hydrogens is 495 g/mol. The average molecular weight is 519 g/mol. The van der Waals surface area contributed by atoms with Crippen molar-refractivity contribution >= 4 is 46.3 Å². The number of nitrogens with one attached hydrogen (secondary N) is 1. The summed E-state index contributed by atoms with van der Waals surface area (Å²) in [7, 11) is 0. The van der Waals surface area contributed by atoms with Gasteiger partial charge >= 0.3 is 5.97 Å². The Bertz CT molecular complexity index is 1460. The van der Waals surface area contributed by atoms with Crippen LogP contribution in [0, 0.1) is 5.41 Å². The maximum atomic E-state index is 13.9. The Balaban J connectivity index is 1.65. The van der Waals surface area contributed by atoms with Gasteiger partial charge in [-0.3, -0.25) is 4.79 Å². The summed E-state index contributed by atoms with van der Waals surface area (Å²) in [5.41, 5.74) is 5.09. The zero-order valence-corrected chi connectivity index (χ0v) is 21.4. The molecule has 1 aliphatic carbocycles. The number of para-hydroxylation sites is 2. The number of ketones is 1. The fourth-order valence-corrected chi connectivity index (χ4v) is 5.92. The molecule has 0 saturated carbocycles. The van der Waals surface area contributed by atoms with Crippen molar-refractivity contribution in [1.82, 2.24) is 0 Å². The SMILES string of the molecule is CC1(C)CC(=O)C2=C(C1)Nc1ccccc1N([C@@H]1OC(=O)c3ccccc31)[C@H]2c1ccc(Cl)c(Cl)c1. The normalized spacial score (nSPS) is 22.3. The van der Waals surface area contributed by atoms with Gasteiger partial charge in [0.15, 0.2) is 5.78 Å². The second-order valence-electron chi connectivity index (χ2n) is 10.3. The molecule has 7 heteroatoms. The van der Waals surface area contributed by atoms with Crippen molar-refractivity contribution in [2.24, 2.45) is 5.41 Å². The van der Waals surface area contributed by atoms with Crippen LogP contribution in [-0.4, -0.2) is 11.8 Å². The van der Waals surface area contributed by atoms with E-state index in [4.69, 9.17) is 27.9 Å². The Morgan fingerprint density at radius 2 is 1.69 bits per heavy atom. The third-order valence-electron chi connectivity index (χ3n) is 7.12. The fraction of sp³-hybridized carbons (Fsp3) is 0.241. The lowest BCUT2D eigenvalue weighted by molar-refractivity contribution is -0.118. The van der Waals surface area contributed by atoms with E-state index in [1.165, 1.54) is 0 Å². The largest absolute Gasteiger partial charge is 0.433 e. The van der Waals surface area contributed by atoms with E-state index in [1.807, 2.05) is 53.4 Å². The number of rotatable bonds is 2. The van der Waals surface area contributed by atoms with Crippen molar-refractivity contribution in [3.63, 3.8) is 0 Å². The van der Waals surface area contributed by atoms with Crippen LogP contribution in [0.25, 0.3) is 0 Å². The molecule has 2 heterocycles. The van der Waals surface area contributed by atoms with E-state index < -0.39 is 12.3 Å². The van der Waals surface area contributed by atoms with Crippen molar-refractivity contribution in [3.8, 4) is 0 Å². The fourth-order valence-electron chi connectivity index (χ4n) is 5.61. The van der Waals surface area contributed by atoms with Gasteiger partial charge in [-0.1, -0.05) is 73.4 Å². The summed E-state index contributed by atoms with van der Waals surface area (Å²) in [4.78, 5) is 28.8. The van der Waals surface area contributed by atoms with Crippen molar-refractivity contribution in [1.29, 1.82) is 0 Å². The van der Waals surface area contributed by atoms with Gasteiger partial charge in [-0.25, -0.2) is 4.79 Å². The lowest BCUT2D eigenvalue weighted by Crippen LogP contribution is -2.38. The summed E-state index contributed by atoms with van der Waals surface area (Å²) in [5.74, 6) is -0.330. The number of halogens is 2. The number of allylic oxidation sites excluding steroid dienone is 1. The van der Waals surface area contributed by atoms with Gasteiger partial charge in [0.2, 0.25) is 6.23 Å². The predicted molar refractivity (Wildman–Crippen MR) is 141 cm³/mol. The molecule has 5 nitrogen and oxygen atoms in total. The molecular formula is C29H24Cl2N2O3. The number of carbonyl (C=O) groups excluding carboxylic acids is 2. The molecule has 2 atom stereocenters. The summed E-state index contributed by atoms with van der Waals surface area (Å²) in [6, 6.07) is 20.1. The maximum absolute atomic E-state index is 13.9. The van der Waals surface area contributed by atoms with Crippen LogP contribution in [0.4, 0.5) is 11.4 Å². The first-order chi connectivity index (χ1) is 17.2. The summed E-state index contributed by atoms with van der Waals surface area (Å²) < 4.78 is 6.01. The highest BCUT2D eigenvalue weighted by Crippen LogP contribution is 2.52. The lowest BCUT2D eigenvalue weighted by Gasteiger charge is -2.40. The first-order valence-corrected chi connectivity index (χ1v) is 12.6. The maximum Gasteiger partial charge on any atom is 0.340 e. The molecule has 0 bridgehead atoms. The van der Waals surface area contributed by atoms with Crippen molar-refractivity contribution in [3.05, 3.63) is 105 Å². The Labute approximate surface area is 219 Å². The van der Waals surface area contributed by atoms with Crippen LogP contribution < -0.4 is 10.2 Å². The summed E-state index contributed by atoms with van der Waals surface area (Å²) in [6.07, 6.45) is 0.386. The standard InChI is InChI=1S/C29H24Cl2N2O3/c1-29(2)14-22-25(24(34)15-29)26(16-11-12-19(30)20(31)13-16)33(23-10-6-5-9-21(23)32-22)27-17-7-3-4-8-18(17)28(35)36-27/h3-13,26-27,32H,14-15H2,1-2H3/t26-,27+/m0/s1. The van der Waals surface area contributed by atoms with Gasteiger partial charge < -0.3 is 15.0 Å². The van der Waals surface area contributed by atoms with E-state index in [2.05, 4.69) is 19.2 Å². The molecule has 36 heavy (non-hydrogen) atoms. The first-order valence-electron chi connectivity index (χ1n) is 11.9. The number of hydrogen-bond donors (Lipinski definition) is 1. The topological polar surface area (TPSA) is 58.6 Å². The number of Topliss-reactive ketones (excluding diaryl/α,β-unsaturated/α-hetero) is 1. The molecule has 3 aromatic carbocycles. The molecule has 3 aromatic rings. The molecule has 3 aliphatic rings. The minimum absolute atomic E-state index is 0.0558. The summed E-state index contributed by atoms with van der Waals surface area (Å²) >= 11 is 12.8. The van der Waals surface area contributed by atoms with Crippen LogP contribution in [0.1, 0.15) is 60.4 Å². The van der Waals surface area contributed by atoms with Crippen LogP contribution in [0.15, 0.2) is 78.0 Å². The number of benzene rings is 3. The Morgan fingerprint density at radius 3 is 2.50 bits per heavy atom. The van der Waals surface area contributed by atoms with Crippen molar-refractivity contribution in [2.45, 2.75) is 39.0 Å². The van der Waals surface area contributed by atoms with Gasteiger partial charge in [-0.2, -0.15) is 0 Å². The Kier molecular flexibility index (Phi) is 5.39. The molecule has 0 radical (unpaired) electrons. The van der Waals surface area contributed by atoms with Crippen LogP contribution in [0.2, 0.25) is 10.0 Å². The summed E-state index contributed by atoms with van der Waals surface area (Å²) in [5, 5.41) is 4.41. The molecule has 6 rings (SSSR count). The lowest BCUT2D eigenvalue weighted by atomic mass is 9.73. The molecule has 0 amide bonds. The van der Waals surface area contributed by atoms with Crippen LogP contribution in [-0.2, 0) is 9.53 Å². The molecule has 0 aromatic heterocycles. The molecule has 0 saturated heterocycles. The second-order valence-corrected chi connectivity index (χ2v) is 11.1. The van der Waals surface area contributed by atoms with Gasteiger partial charge in [0.1, 0.15) is 0 Å². The van der Waals surface area contributed by atoms with Crippen molar-refractivity contribution in [2.75, 3.05) is 10.2 Å². The van der Waals surface area contributed by atoms with Gasteiger partial charge in [-0.15, -0.1) is 0 Å². The predicted octanol–water partition coefficient (Wildman–Crippen LogP) is 7.48. The van der Waals surface area contributed by atoms with E-state index in [1.54, 1.807) is 18.2 Å². The second kappa shape index (κ2) is 8.39. The van der Waals surface area contributed by atoms with E-state index >= 15 is 0 Å². The number of esters is 1.